The molecule has 0 saturated carbocycles. The van der Waals surface area contributed by atoms with E-state index in [1.807, 2.05) is 0 Å². The minimum absolute atomic E-state index is 0.0611. The van der Waals surface area contributed by atoms with Crippen molar-refractivity contribution in [2.75, 3.05) is 25.6 Å². The normalized spacial score (nSPS) is 13.1. The van der Waals surface area contributed by atoms with Gasteiger partial charge in [-0.15, -0.1) is 0 Å². The molecule has 0 aliphatic carbocycles. The van der Waals surface area contributed by atoms with Crippen LogP contribution >= 0.6 is 0 Å². The zero-order valence-corrected chi connectivity index (χ0v) is 16.4. The van der Waals surface area contributed by atoms with Gasteiger partial charge in [-0.2, -0.15) is 0 Å². The number of nitro benzene ring substituents is 1. The minimum Gasteiger partial charge on any atom is -0.495 e. The van der Waals surface area contributed by atoms with Crippen LogP contribution in [-0.4, -0.2) is 43.2 Å². The van der Waals surface area contributed by atoms with E-state index in [0.29, 0.717) is 30.3 Å². The van der Waals surface area contributed by atoms with Gasteiger partial charge in [0, 0.05) is 12.1 Å². The molecule has 0 spiro atoms. The molecular weight excluding hydrogens is 396 g/mol. The fraction of sp³-hybridized carbons (Fsp3) is 0.300. The van der Waals surface area contributed by atoms with E-state index in [2.05, 4.69) is 5.32 Å². The molecule has 0 radical (unpaired) electrons. The van der Waals surface area contributed by atoms with Gasteiger partial charge in [0.25, 0.3) is 11.6 Å². The summed E-state index contributed by atoms with van der Waals surface area (Å²) in [6.45, 7) is 2.30. The first kappa shape index (κ1) is 20.9. The van der Waals surface area contributed by atoms with E-state index in [9.17, 15) is 19.7 Å². The number of esters is 1. The second-order valence-electron chi connectivity index (χ2n) is 6.42. The molecule has 0 fully saturated rings. The van der Waals surface area contributed by atoms with E-state index in [0.717, 1.165) is 0 Å². The van der Waals surface area contributed by atoms with Gasteiger partial charge in [0.15, 0.2) is 17.6 Å². The highest BCUT2D eigenvalue weighted by Crippen LogP contribution is 2.31. The van der Waals surface area contributed by atoms with Crippen molar-refractivity contribution in [2.45, 2.75) is 19.4 Å². The number of nitrogens with zero attached hydrogens (tertiary/aromatic N) is 1. The first-order valence-electron chi connectivity index (χ1n) is 9.08. The Bertz CT molecular complexity index is 975. The van der Waals surface area contributed by atoms with Crippen molar-refractivity contribution in [2.24, 2.45) is 0 Å². The lowest BCUT2D eigenvalue weighted by Crippen LogP contribution is -2.30. The highest BCUT2D eigenvalue weighted by Gasteiger charge is 2.21. The van der Waals surface area contributed by atoms with Crippen LogP contribution in [0.2, 0.25) is 0 Å². The second kappa shape index (κ2) is 9.12. The van der Waals surface area contributed by atoms with E-state index >= 15 is 0 Å². The Balaban J connectivity index is 1.61. The van der Waals surface area contributed by atoms with Gasteiger partial charge < -0.3 is 24.3 Å². The number of carbonyl (C=O) groups excluding carboxylic acids is 2. The molecular formula is C20H20N2O8. The van der Waals surface area contributed by atoms with Crippen LogP contribution in [0.15, 0.2) is 36.4 Å². The predicted octanol–water partition coefficient (Wildman–Crippen LogP) is 2.49. The van der Waals surface area contributed by atoms with Crippen molar-refractivity contribution in [3.8, 4) is 17.2 Å². The maximum Gasteiger partial charge on any atom is 0.311 e. The molecule has 0 unspecified atom stereocenters. The summed E-state index contributed by atoms with van der Waals surface area (Å²) in [5.74, 6) is 0.139. The van der Waals surface area contributed by atoms with Crippen LogP contribution in [0.1, 0.15) is 12.5 Å². The summed E-state index contributed by atoms with van der Waals surface area (Å²) in [5.41, 5.74) is 0.540. The number of nitrogens with one attached hydrogen (secondary N) is 1. The van der Waals surface area contributed by atoms with Crippen LogP contribution in [0.4, 0.5) is 11.4 Å². The van der Waals surface area contributed by atoms with Gasteiger partial charge in [-0.25, -0.2) is 0 Å². The van der Waals surface area contributed by atoms with Gasteiger partial charge in [0.1, 0.15) is 19.0 Å². The summed E-state index contributed by atoms with van der Waals surface area (Å²) in [6.07, 6.45) is -1.19. The number of benzene rings is 2. The SMILES string of the molecule is COc1ccc([N+](=O)[O-])cc1NC(=O)[C@@H](C)OC(=O)Cc1ccc2c(c1)OCCO2. The standard InChI is InChI=1S/C20H20N2O8/c1-12(20(24)21-15-11-14(22(25)26)4-6-16(15)27-2)30-19(23)10-13-3-5-17-18(9-13)29-8-7-28-17/h3-6,9,11-12H,7-8,10H2,1-2H3,(H,21,24)/t12-/m1/s1. The largest absolute Gasteiger partial charge is 0.495 e. The van der Waals surface area contributed by atoms with Crippen LogP contribution in [0.25, 0.3) is 0 Å². The van der Waals surface area contributed by atoms with E-state index in [1.54, 1.807) is 18.2 Å². The molecule has 10 heteroatoms. The van der Waals surface area contributed by atoms with E-state index < -0.39 is 22.9 Å². The molecule has 0 aromatic heterocycles. The van der Waals surface area contributed by atoms with Crippen molar-refractivity contribution in [3.63, 3.8) is 0 Å². The summed E-state index contributed by atoms with van der Waals surface area (Å²) < 4.78 is 21.2. The minimum atomic E-state index is -1.13. The molecule has 158 valence electrons. The topological polar surface area (TPSA) is 126 Å². The number of rotatable bonds is 7. The Hall–Kier alpha value is -3.82. The fourth-order valence-electron chi connectivity index (χ4n) is 2.80. The fourth-order valence-corrected chi connectivity index (χ4v) is 2.80. The number of fused-ring (bicyclic) bond motifs is 1. The molecule has 10 nitrogen and oxygen atoms in total. The third kappa shape index (κ3) is 4.96. The monoisotopic (exact) mass is 416 g/mol. The van der Waals surface area contributed by atoms with Crippen molar-refractivity contribution in [1.29, 1.82) is 0 Å². The number of amides is 1. The zero-order valence-electron chi connectivity index (χ0n) is 16.4. The Kier molecular flexibility index (Phi) is 6.35. The first-order valence-corrected chi connectivity index (χ1v) is 9.08. The molecule has 1 heterocycles. The number of nitro groups is 1. The van der Waals surface area contributed by atoms with Gasteiger partial charge >= 0.3 is 5.97 Å². The van der Waals surface area contributed by atoms with Gasteiger partial charge in [-0.1, -0.05) is 6.07 Å². The van der Waals surface area contributed by atoms with Gasteiger partial charge in [-0.3, -0.25) is 19.7 Å². The van der Waals surface area contributed by atoms with Crippen LogP contribution in [0, 0.1) is 10.1 Å². The summed E-state index contributed by atoms with van der Waals surface area (Å²) in [4.78, 5) is 35.0. The van der Waals surface area contributed by atoms with Crippen LogP contribution < -0.4 is 19.5 Å². The average molecular weight is 416 g/mol. The zero-order chi connectivity index (χ0) is 21.7. The molecule has 30 heavy (non-hydrogen) atoms. The Morgan fingerprint density at radius 3 is 2.60 bits per heavy atom. The van der Waals surface area contributed by atoms with Crippen molar-refractivity contribution >= 4 is 23.3 Å². The van der Waals surface area contributed by atoms with E-state index in [-0.39, 0.29) is 23.5 Å². The highest BCUT2D eigenvalue weighted by molar-refractivity contribution is 5.96. The Morgan fingerprint density at radius 2 is 1.90 bits per heavy atom. The number of non-ortho nitro benzene ring substituents is 1. The molecule has 0 saturated heterocycles. The summed E-state index contributed by atoms with van der Waals surface area (Å²) in [5, 5.41) is 13.4. The second-order valence-corrected chi connectivity index (χ2v) is 6.42. The summed E-state index contributed by atoms with van der Waals surface area (Å²) in [7, 11) is 1.37. The lowest BCUT2D eigenvalue weighted by Gasteiger charge is -2.19. The molecule has 2 aromatic rings. The molecule has 0 bridgehead atoms. The molecule has 1 atom stereocenters. The number of methoxy groups -OCH3 is 1. The van der Waals surface area contributed by atoms with Crippen LogP contribution in [-0.2, 0) is 20.7 Å². The smallest absolute Gasteiger partial charge is 0.311 e. The highest BCUT2D eigenvalue weighted by atomic mass is 16.6. The van der Waals surface area contributed by atoms with E-state index in [1.165, 1.54) is 32.2 Å². The molecule has 1 amide bonds. The summed E-state index contributed by atoms with van der Waals surface area (Å²) in [6, 6.07) is 8.90. The Labute approximate surface area is 171 Å². The quantitative estimate of drug-likeness (QED) is 0.414. The molecule has 1 N–H and O–H groups in total. The third-order valence-electron chi connectivity index (χ3n) is 4.28. The van der Waals surface area contributed by atoms with Gasteiger partial charge in [0.05, 0.1) is 24.1 Å². The molecule has 2 aromatic carbocycles. The summed E-state index contributed by atoms with van der Waals surface area (Å²) >= 11 is 0. The number of ether oxygens (including phenoxy) is 4. The van der Waals surface area contributed by atoms with Crippen molar-refractivity contribution < 1.29 is 33.5 Å². The van der Waals surface area contributed by atoms with Gasteiger partial charge in [-0.05, 0) is 30.7 Å². The molecule has 1 aliphatic heterocycles. The molecule has 3 rings (SSSR count). The lowest BCUT2D eigenvalue weighted by atomic mass is 10.1. The van der Waals surface area contributed by atoms with Crippen molar-refractivity contribution in [3.05, 3.63) is 52.1 Å². The van der Waals surface area contributed by atoms with Crippen molar-refractivity contribution in [1.82, 2.24) is 0 Å². The number of carbonyl (C=O) groups is 2. The Morgan fingerprint density at radius 1 is 1.17 bits per heavy atom. The predicted molar refractivity (Wildman–Crippen MR) is 105 cm³/mol. The average Bonchev–Trinajstić information content (AvgIpc) is 2.73. The van der Waals surface area contributed by atoms with Gasteiger partial charge in [0.2, 0.25) is 0 Å². The van der Waals surface area contributed by atoms with Crippen LogP contribution in [0.5, 0.6) is 17.2 Å². The number of hydrogen-bond donors (Lipinski definition) is 1. The lowest BCUT2D eigenvalue weighted by molar-refractivity contribution is -0.384. The number of anilines is 1. The van der Waals surface area contributed by atoms with E-state index in [4.69, 9.17) is 18.9 Å². The van der Waals surface area contributed by atoms with Crippen LogP contribution in [0.3, 0.4) is 0 Å². The number of hydrogen-bond acceptors (Lipinski definition) is 8. The molecule has 1 aliphatic rings. The first-order chi connectivity index (χ1) is 14.4. The third-order valence-corrected chi connectivity index (χ3v) is 4.28. The maximum atomic E-state index is 12.4. The maximum absolute atomic E-state index is 12.4.